The van der Waals surface area contributed by atoms with E-state index in [0.717, 1.165) is 59.2 Å². The van der Waals surface area contributed by atoms with Crippen LogP contribution < -0.4 is 24.8 Å². The first-order valence-corrected chi connectivity index (χ1v) is 14.9. The molecular formula is C35H45Cl2Zr-3. The quantitative estimate of drug-likeness (QED) is 0.363. The molecule has 5 saturated carbocycles. The van der Waals surface area contributed by atoms with Gasteiger partial charge in [0.1, 0.15) is 0 Å². The van der Waals surface area contributed by atoms with Crippen LogP contribution in [0.1, 0.15) is 64.2 Å². The van der Waals surface area contributed by atoms with Crippen molar-refractivity contribution in [1.29, 1.82) is 0 Å². The van der Waals surface area contributed by atoms with Crippen molar-refractivity contribution in [3.8, 4) is 0 Å². The van der Waals surface area contributed by atoms with Crippen LogP contribution in [0.3, 0.4) is 0 Å². The van der Waals surface area contributed by atoms with Crippen LogP contribution in [0.25, 0.3) is 0 Å². The number of halogens is 2. The predicted molar refractivity (Wildman–Crippen MR) is 149 cm³/mol. The van der Waals surface area contributed by atoms with E-state index in [1.807, 2.05) is 0 Å². The summed E-state index contributed by atoms with van der Waals surface area (Å²) in [5.74, 6) is 8.74. The molecule has 0 spiro atoms. The van der Waals surface area contributed by atoms with Crippen molar-refractivity contribution in [2.45, 2.75) is 64.2 Å². The van der Waals surface area contributed by atoms with Crippen LogP contribution in [-0.4, -0.2) is 0 Å². The maximum Gasteiger partial charge on any atom is 2.00 e. The van der Waals surface area contributed by atoms with Crippen molar-refractivity contribution >= 4 is 0 Å². The SMILES string of the molecule is C1=CC2[CH-]C3CCCCC3C2C=C1.C1=CC2[CH-]C3CCCCC3C2C=C1.C1=CC2[CH-]CCC2C=C1.[Cl-].[Cl-].[Zr+2]. The molecule has 3 heteroatoms. The second-order valence-electron chi connectivity index (χ2n) is 12.3. The van der Waals surface area contributed by atoms with E-state index in [1.165, 1.54) is 64.2 Å². The Hall–Kier alpha value is -0.0969. The molecule has 0 nitrogen and oxygen atoms in total. The van der Waals surface area contributed by atoms with Gasteiger partial charge in [-0.2, -0.15) is 18.3 Å². The van der Waals surface area contributed by atoms with Crippen molar-refractivity contribution in [3.05, 3.63) is 92.2 Å². The van der Waals surface area contributed by atoms with Gasteiger partial charge in [-0.3, -0.25) is 0 Å². The van der Waals surface area contributed by atoms with E-state index in [9.17, 15) is 0 Å². The number of allylic oxidation sites excluding steroid dienone is 12. The van der Waals surface area contributed by atoms with Crippen LogP contribution in [-0.2, 0) is 26.2 Å². The van der Waals surface area contributed by atoms with Crippen LogP contribution in [0.15, 0.2) is 72.9 Å². The molecule has 0 aliphatic heterocycles. The number of rotatable bonds is 0. The average molecular weight is 628 g/mol. The minimum Gasteiger partial charge on any atom is -1.00 e. The largest absolute Gasteiger partial charge is 2.00 e. The number of hydrogen-bond acceptors (Lipinski definition) is 0. The molecule has 8 aliphatic rings. The summed E-state index contributed by atoms with van der Waals surface area (Å²) >= 11 is 0. The standard InChI is InChI=1S/2C13H17.C9H11.2ClH.Zr/c2*1-3-7-12-10(5-1)9-11-6-2-4-8-13(11)12;1-2-5-9-7-3-6-8(9)4-1;;;/h2*1,3,5,7,9-13H,2,4,6,8H2;1-2,4-6,8-9H,3,7H2;2*1H;/q3*-1;;;+2/p-2. The molecule has 0 aromatic rings. The molecule has 0 radical (unpaired) electrons. The van der Waals surface area contributed by atoms with Gasteiger partial charge in [0.15, 0.2) is 0 Å². The van der Waals surface area contributed by atoms with Gasteiger partial charge >= 0.3 is 26.2 Å². The van der Waals surface area contributed by atoms with Gasteiger partial charge < -0.3 is 44.1 Å². The molecule has 10 atom stereocenters. The number of fused-ring (bicyclic) bond motifs is 7. The van der Waals surface area contributed by atoms with Gasteiger partial charge in [-0.05, 0) is 17.8 Å². The summed E-state index contributed by atoms with van der Waals surface area (Å²) in [5.41, 5.74) is 0. The third-order valence-electron chi connectivity index (χ3n) is 10.4. The summed E-state index contributed by atoms with van der Waals surface area (Å²) in [6.45, 7) is 0. The summed E-state index contributed by atoms with van der Waals surface area (Å²) in [6, 6.07) is 0. The molecule has 5 fully saturated rings. The topological polar surface area (TPSA) is 0 Å². The maximum absolute atomic E-state index is 2.62. The summed E-state index contributed by atoms with van der Waals surface area (Å²) in [7, 11) is 0. The molecule has 0 N–H and O–H groups in total. The Kier molecular flexibility index (Phi) is 13.5. The zero-order chi connectivity index (χ0) is 23.5. The maximum atomic E-state index is 2.62. The number of hydrogen-bond donors (Lipinski definition) is 0. The molecule has 0 aromatic heterocycles. The van der Waals surface area contributed by atoms with E-state index in [4.69, 9.17) is 0 Å². The summed E-state index contributed by atoms with van der Waals surface area (Å²) in [5, 5.41) is 0. The van der Waals surface area contributed by atoms with Crippen molar-refractivity contribution in [2.24, 2.45) is 59.2 Å². The zero-order valence-corrected chi connectivity index (χ0v) is 26.7. The Labute approximate surface area is 265 Å². The molecule has 10 unspecified atom stereocenters. The summed E-state index contributed by atoms with van der Waals surface area (Å²) < 4.78 is 0. The smallest absolute Gasteiger partial charge is 1.00 e. The van der Waals surface area contributed by atoms with Crippen molar-refractivity contribution in [2.75, 3.05) is 0 Å². The van der Waals surface area contributed by atoms with E-state index >= 15 is 0 Å². The van der Waals surface area contributed by atoms with E-state index in [0.29, 0.717) is 0 Å². The average Bonchev–Trinajstić information content (AvgIpc) is 3.64. The van der Waals surface area contributed by atoms with Crippen molar-refractivity contribution in [3.63, 3.8) is 0 Å². The summed E-state index contributed by atoms with van der Waals surface area (Å²) in [6.07, 6.45) is 49.6. The molecule has 0 saturated heterocycles. The van der Waals surface area contributed by atoms with Crippen LogP contribution in [0.2, 0.25) is 0 Å². The monoisotopic (exact) mass is 625 g/mol. The Bertz CT molecular complexity index is 826. The van der Waals surface area contributed by atoms with Crippen LogP contribution in [0, 0.1) is 78.4 Å². The fourth-order valence-corrected chi connectivity index (χ4v) is 8.60. The van der Waals surface area contributed by atoms with E-state index in [-0.39, 0.29) is 51.0 Å². The minimum atomic E-state index is 0. The molecule has 8 aliphatic carbocycles. The first-order valence-electron chi connectivity index (χ1n) is 14.9. The summed E-state index contributed by atoms with van der Waals surface area (Å²) in [4.78, 5) is 0. The molecule has 0 aromatic carbocycles. The van der Waals surface area contributed by atoms with Crippen LogP contribution in [0.4, 0.5) is 0 Å². The van der Waals surface area contributed by atoms with E-state index < -0.39 is 0 Å². The third-order valence-corrected chi connectivity index (χ3v) is 10.4. The molecule has 8 rings (SSSR count). The van der Waals surface area contributed by atoms with Gasteiger partial charge in [-0.25, -0.2) is 0 Å². The molecular weight excluding hydrogens is 583 g/mol. The molecule has 0 amide bonds. The molecule has 0 bridgehead atoms. The van der Waals surface area contributed by atoms with Gasteiger partial charge in [0.05, 0.1) is 0 Å². The molecule has 206 valence electrons. The van der Waals surface area contributed by atoms with E-state index in [2.05, 4.69) is 92.2 Å². The van der Waals surface area contributed by atoms with Crippen LogP contribution >= 0.6 is 0 Å². The van der Waals surface area contributed by atoms with Crippen molar-refractivity contribution in [1.82, 2.24) is 0 Å². The zero-order valence-electron chi connectivity index (χ0n) is 22.8. The predicted octanol–water partition coefficient (Wildman–Crippen LogP) is 3.09. The van der Waals surface area contributed by atoms with Crippen molar-refractivity contribution < 1.29 is 51.0 Å². The van der Waals surface area contributed by atoms with Gasteiger partial charge in [0.2, 0.25) is 0 Å². The fourth-order valence-electron chi connectivity index (χ4n) is 8.60. The second kappa shape index (κ2) is 15.8. The third kappa shape index (κ3) is 7.40. The Morgan fingerprint density at radius 3 is 1.45 bits per heavy atom. The first-order chi connectivity index (χ1) is 17.4. The first kappa shape index (κ1) is 32.4. The minimum absolute atomic E-state index is 0. The molecule has 0 heterocycles. The van der Waals surface area contributed by atoms with Gasteiger partial charge in [-0.15, -0.1) is 36.0 Å². The van der Waals surface area contributed by atoms with Gasteiger partial charge in [0.25, 0.3) is 0 Å². The Morgan fingerprint density at radius 2 is 0.921 bits per heavy atom. The van der Waals surface area contributed by atoms with Gasteiger partial charge in [-0.1, -0.05) is 124 Å². The fraction of sp³-hybridized carbons (Fsp3) is 0.571. The second-order valence-corrected chi connectivity index (χ2v) is 12.3. The Balaban J connectivity index is 0.000000154. The normalized spacial score (nSPS) is 41.7. The molecule has 38 heavy (non-hydrogen) atoms. The van der Waals surface area contributed by atoms with E-state index in [1.54, 1.807) is 0 Å². The Morgan fingerprint density at radius 1 is 0.474 bits per heavy atom. The van der Waals surface area contributed by atoms with Crippen LogP contribution in [0.5, 0.6) is 0 Å². The van der Waals surface area contributed by atoms with Gasteiger partial charge in [0, 0.05) is 0 Å².